The monoisotopic (exact) mass is 305 g/mol. The van der Waals surface area contributed by atoms with Gasteiger partial charge in [0, 0.05) is 5.92 Å². The highest BCUT2D eigenvalue weighted by molar-refractivity contribution is 5.86. The van der Waals surface area contributed by atoms with Crippen LogP contribution in [0.1, 0.15) is 51.5 Å². The van der Waals surface area contributed by atoms with Crippen LogP contribution in [0.15, 0.2) is 30.3 Å². The summed E-state index contributed by atoms with van der Waals surface area (Å²) in [5.41, 5.74) is -1.03. The predicted molar refractivity (Wildman–Crippen MR) is 82.8 cm³/mol. The van der Waals surface area contributed by atoms with Crippen molar-refractivity contribution in [3.8, 4) is 0 Å². The number of amides is 1. The SMILES string of the molecule is CC(C)(C)OC(=O)N[C@@]1(C(=O)O)CCC[C@@H]1c1ccccc1. The Bertz CT molecular complexity index is 550. The Morgan fingerprint density at radius 1 is 1.27 bits per heavy atom. The molecular weight excluding hydrogens is 282 g/mol. The van der Waals surface area contributed by atoms with Gasteiger partial charge in [-0.15, -0.1) is 0 Å². The quantitative estimate of drug-likeness (QED) is 0.898. The summed E-state index contributed by atoms with van der Waals surface area (Å²) in [6.07, 6.45) is 1.20. The van der Waals surface area contributed by atoms with E-state index in [4.69, 9.17) is 4.74 Å². The van der Waals surface area contributed by atoms with E-state index in [9.17, 15) is 14.7 Å². The van der Waals surface area contributed by atoms with Crippen LogP contribution in [0.2, 0.25) is 0 Å². The highest BCUT2D eigenvalue weighted by Gasteiger charge is 2.51. The number of benzene rings is 1. The maximum absolute atomic E-state index is 12.1. The van der Waals surface area contributed by atoms with Gasteiger partial charge in [-0.3, -0.25) is 0 Å². The van der Waals surface area contributed by atoms with Crippen molar-refractivity contribution in [1.29, 1.82) is 0 Å². The van der Waals surface area contributed by atoms with Crippen molar-refractivity contribution in [2.24, 2.45) is 0 Å². The van der Waals surface area contributed by atoms with Gasteiger partial charge in [-0.1, -0.05) is 30.3 Å². The molecule has 2 N–H and O–H groups in total. The van der Waals surface area contributed by atoms with E-state index in [1.54, 1.807) is 20.8 Å². The van der Waals surface area contributed by atoms with Crippen LogP contribution < -0.4 is 5.32 Å². The number of carbonyl (C=O) groups is 2. The molecule has 0 heterocycles. The fourth-order valence-electron chi connectivity index (χ4n) is 3.09. The van der Waals surface area contributed by atoms with E-state index in [1.807, 2.05) is 30.3 Å². The van der Waals surface area contributed by atoms with E-state index in [0.29, 0.717) is 6.42 Å². The lowest BCUT2D eigenvalue weighted by atomic mass is 9.82. The lowest BCUT2D eigenvalue weighted by Crippen LogP contribution is -2.57. The molecule has 0 unspecified atom stereocenters. The Hall–Kier alpha value is -2.04. The molecule has 2 rings (SSSR count). The molecule has 0 radical (unpaired) electrons. The van der Waals surface area contributed by atoms with E-state index in [1.165, 1.54) is 0 Å². The van der Waals surface area contributed by atoms with Gasteiger partial charge in [0.15, 0.2) is 0 Å². The fraction of sp³-hybridized carbons (Fsp3) is 0.529. The van der Waals surface area contributed by atoms with Crippen molar-refractivity contribution in [2.75, 3.05) is 0 Å². The number of hydrogen-bond acceptors (Lipinski definition) is 3. The van der Waals surface area contributed by atoms with E-state index >= 15 is 0 Å². The maximum atomic E-state index is 12.1. The first-order chi connectivity index (χ1) is 10.2. The normalized spacial score (nSPS) is 24.8. The molecule has 1 amide bonds. The van der Waals surface area contributed by atoms with Crippen molar-refractivity contribution >= 4 is 12.1 Å². The van der Waals surface area contributed by atoms with E-state index in [0.717, 1.165) is 18.4 Å². The van der Waals surface area contributed by atoms with Gasteiger partial charge in [0.25, 0.3) is 0 Å². The number of rotatable bonds is 3. The number of alkyl carbamates (subject to hydrolysis) is 1. The maximum Gasteiger partial charge on any atom is 0.408 e. The van der Waals surface area contributed by atoms with E-state index < -0.39 is 23.2 Å². The number of carbonyl (C=O) groups excluding carboxylic acids is 1. The number of aliphatic carboxylic acids is 1. The molecular formula is C17H23NO4. The van der Waals surface area contributed by atoms with Gasteiger partial charge in [-0.05, 0) is 45.6 Å². The van der Waals surface area contributed by atoms with Gasteiger partial charge in [-0.25, -0.2) is 9.59 Å². The molecule has 0 aliphatic heterocycles. The molecule has 0 bridgehead atoms. The standard InChI is InChI=1S/C17H23NO4/c1-16(2,3)22-15(21)18-17(14(19)20)11-7-10-13(17)12-8-5-4-6-9-12/h4-6,8-9,13H,7,10-11H2,1-3H3,(H,18,21)(H,19,20)/t13-,17+/m1/s1. The average Bonchev–Trinajstić information content (AvgIpc) is 2.82. The van der Waals surface area contributed by atoms with Crippen molar-refractivity contribution in [3.63, 3.8) is 0 Å². The molecule has 5 heteroatoms. The number of carboxylic acid groups (broad SMARTS) is 1. The molecule has 0 saturated heterocycles. The molecule has 120 valence electrons. The Kier molecular flexibility index (Phi) is 4.44. The zero-order chi connectivity index (χ0) is 16.4. The zero-order valence-electron chi connectivity index (χ0n) is 13.3. The van der Waals surface area contributed by atoms with Crippen LogP contribution in [0.5, 0.6) is 0 Å². The van der Waals surface area contributed by atoms with Crippen LogP contribution >= 0.6 is 0 Å². The van der Waals surface area contributed by atoms with Crippen molar-refractivity contribution in [2.45, 2.75) is 57.1 Å². The van der Waals surface area contributed by atoms with Crippen LogP contribution in [0.25, 0.3) is 0 Å². The van der Waals surface area contributed by atoms with E-state index in [-0.39, 0.29) is 5.92 Å². The van der Waals surface area contributed by atoms with Crippen LogP contribution in [0.4, 0.5) is 4.79 Å². The fourth-order valence-corrected chi connectivity index (χ4v) is 3.09. The van der Waals surface area contributed by atoms with Crippen LogP contribution in [-0.2, 0) is 9.53 Å². The number of carboxylic acids is 1. The summed E-state index contributed by atoms with van der Waals surface area (Å²) in [5, 5.41) is 12.4. The third-order valence-corrected chi connectivity index (χ3v) is 3.97. The summed E-state index contributed by atoms with van der Waals surface area (Å²) in [5.74, 6) is -1.26. The summed E-state index contributed by atoms with van der Waals surface area (Å²) in [4.78, 5) is 24.0. The first kappa shape index (κ1) is 16.3. The minimum Gasteiger partial charge on any atom is -0.479 e. The minimum absolute atomic E-state index is 0.251. The molecule has 2 atom stereocenters. The molecule has 1 aromatic carbocycles. The molecule has 22 heavy (non-hydrogen) atoms. The minimum atomic E-state index is -1.30. The molecule has 0 spiro atoms. The van der Waals surface area contributed by atoms with Crippen molar-refractivity contribution < 1.29 is 19.4 Å². The van der Waals surface area contributed by atoms with Gasteiger partial charge in [0.1, 0.15) is 11.1 Å². The average molecular weight is 305 g/mol. The summed E-state index contributed by atoms with van der Waals surface area (Å²) >= 11 is 0. The van der Waals surface area contributed by atoms with Crippen LogP contribution in [0.3, 0.4) is 0 Å². The van der Waals surface area contributed by atoms with Gasteiger partial charge < -0.3 is 15.2 Å². The highest BCUT2D eigenvalue weighted by atomic mass is 16.6. The van der Waals surface area contributed by atoms with Crippen molar-refractivity contribution in [1.82, 2.24) is 5.32 Å². The number of nitrogens with one attached hydrogen (secondary N) is 1. The third-order valence-electron chi connectivity index (χ3n) is 3.97. The first-order valence-corrected chi connectivity index (χ1v) is 7.54. The second kappa shape index (κ2) is 5.99. The summed E-state index contributed by atoms with van der Waals surface area (Å²) in [6.45, 7) is 5.26. The van der Waals surface area contributed by atoms with Crippen LogP contribution in [0, 0.1) is 0 Å². The second-order valence-electron chi connectivity index (χ2n) is 6.76. The Morgan fingerprint density at radius 3 is 2.45 bits per heavy atom. The number of hydrogen-bond donors (Lipinski definition) is 2. The largest absolute Gasteiger partial charge is 0.479 e. The Morgan fingerprint density at radius 2 is 1.91 bits per heavy atom. The topological polar surface area (TPSA) is 75.6 Å². The van der Waals surface area contributed by atoms with Gasteiger partial charge in [0.05, 0.1) is 0 Å². The molecule has 1 fully saturated rings. The molecule has 1 aliphatic carbocycles. The number of ether oxygens (including phenoxy) is 1. The highest BCUT2D eigenvalue weighted by Crippen LogP contribution is 2.43. The Labute approximate surface area is 130 Å². The first-order valence-electron chi connectivity index (χ1n) is 7.54. The molecule has 5 nitrogen and oxygen atoms in total. The molecule has 1 aromatic rings. The Balaban J connectivity index is 2.28. The summed E-state index contributed by atoms with van der Waals surface area (Å²) in [6, 6.07) is 9.47. The second-order valence-corrected chi connectivity index (χ2v) is 6.76. The molecule has 1 saturated carbocycles. The van der Waals surface area contributed by atoms with Gasteiger partial charge >= 0.3 is 12.1 Å². The summed E-state index contributed by atoms with van der Waals surface area (Å²) < 4.78 is 5.25. The van der Waals surface area contributed by atoms with Crippen LogP contribution in [-0.4, -0.2) is 28.3 Å². The van der Waals surface area contributed by atoms with Crippen molar-refractivity contribution in [3.05, 3.63) is 35.9 Å². The molecule has 1 aliphatic rings. The molecule has 0 aromatic heterocycles. The van der Waals surface area contributed by atoms with Gasteiger partial charge in [-0.2, -0.15) is 0 Å². The predicted octanol–water partition coefficient (Wildman–Crippen LogP) is 3.30. The summed E-state index contributed by atoms with van der Waals surface area (Å²) in [7, 11) is 0. The zero-order valence-corrected chi connectivity index (χ0v) is 13.3. The third kappa shape index (κ3) is 3.40. The smallest absolute Gasteiger partial charge is 0.408 e. The lowest BCUT2D eigenvalue weighted by molar-refractivity contribution is -0.145. The lowest BCUT2D eigenvalue weighted by Gasteiger charge is -2.33. The van der Waals surface area contributed by atoms with E-state index in [2.05, 4.69) is 5.32 Å². The van der Waals surface area contributed by atoms with Gasteiger partial charge in [0.2, 0.25) is 0 Å².